The van der Waals surface area contributed by atoms with Crippen molar-refractivity contribution in [1.82, 2.24) is 4.90 Å². The Labute approximate surface area is 100 Å². The molecule has 0 saturated heterocycles. The molecule has 0 heterocycles. The Bertz CT molecular complexity index is 166. The summed E-state index contributed by atoms with van der Waals surface area (Å²) in [5.41, 5.74) is -0.0161. The highest BCUT2D eigenvalue weighted by Crippen LogP contribution is 2.21. The van der Waals surface area contributed by atoms with Crippen molar-refractivity contribution in [3.05, 3.63) is 0 Å². The fourth-order valence-electron chi connectivity index (χ4n) is 1.56. The average molecular weight is 231 g/mol. The van der Waals surface area contributed by atoms with Gasteiger partial charge in [-0.25, -0.2) is 0 Å². The molecule has 0 aliphatic heterocycles. The van der Waals surface area contributed by atoms with Gasteiger partial charge in [0, 0.05) is 13.2 Å². The molecular weight excluding hydrogens is 202 g/mol. The Morgan fingerprint density at radius 2 is 1.69 bits per heavy atom. The van der Waals surface area contributed by atoms with Crippen LogP contribution in [0, 0.1) is 5.41 Å². The van der Waals surface area contributed by atoms with E-state index in [-0.39, 0.29) is 11.5 Å². The lowest BCUT2D eigenvalue weighted by molar-refractivity contribution is 0.0478. The number of nitrogens with zero attached hydrogens (tertiary/aromatic N) is 1. The number of unbranched alkanes of at least 4 members (excludes halogenated alkanes) is 2. The van der Waals surface area contributed by atoms with Crippen LogP contribution in [0.15, 0.2) is 0 Å². The molecule has 2 N–H and O–H groups in total. The molecule has 0 aliphatic carbocycles. The minimum Gasteiger partial charge on any atom is -0.396 e. The average Bonchev–Trinajstić information content (AvgIpc) is 2.19. The van der Waals surface area contributed by atoms with Gasteiger partial charge in [-0.3, -0.25) is 0 Å². The van der Waals surface area contributed by atoms with Gasteiger partial charge in [-0.05, 0) is 44.7 Å². The third kappa shape index (κ3) is 8.08. The van der Waals surface area contributed by atoms with Gasteiger partial charge in [0.15, 0.2) is 0 Å². The Balaban J connectivity index is 3.53. The van der Waals surface area contributed by atoms with Crippen LogP contribution in [0.1, 0.15) is 46.5 Å². The van der Waals surface area contributed by atoms with E-state index < -0.39 is 0 Å². The molecule has 0 fully saturated rings. The summed E-state index contributed by atoms with van der Waals surface area (Å²) in [5.74, 6) is 0. The van der Waals surface area contributed by atoms with Crippen LogP contribution in [0.3, 0.4) is 0 Å². The number of hydrogen-bond acceptors (Lipinski definition) is 3. The van der Waals surface area contributed by atoms with Gasteiger partial charge in [0.1, 0.15) is 0 Å². The summed E-state index contributed by atoms with van der Waals surface area (Å²) in [7, 11) is 2.09. The van der Waals surface area contributed by atoms with Crippen LogP contribution < -0.4 is 0 Å². The molecule has 0 amide bonds. The van der Waals surface area contributed by atoms with Crippen molar-refractivity contribution < 1.29 is 10.2 Å². The molecule has 0 spiro atoms. The minimum absolute atomic E-state index is 0.0161. The molecule has 0 rings (SSSR count). The van der Waals surface area contributed by atoms with Crippen molar-refractivity contribution in [3.8, 4) is 0 Å². The summed E-state index contributed by atoms with van der Waals surface area (Å²) in [6.45, 7) is 8.50. The molecule has 0 radical (unpaired) electrons. The lowest BCUT2D eigenvalue weighted by Crippen LogP contribution is -2.31. The van der Waals surface area contributed by atoms with Crippen molar-refractivity contribution in [2.24, 2.45) is 5.41 Å². The quantitative estimate of drug-likeness (QED) is 0.627. The highest BCUT2D eigenvalue weighted by molar-refractivity contribution is 4.73. The van der Waals surface area contributed by atoms with Crippen LogP contribution in [-0.2, 0) is 0 Å². The zero-order valence-electron chi connectivity index (χ0n) is 11.4. The van der Waals surface area contributed by atoms with Gasteiger partial charge in [-0.2, -0.15) is 0 Å². The fraction of sp³-hybridized carbons (Fsp3) is 1.00. The normalized spacial score (nSPS) is 14.4. The van der Waals surface area contributed by atoms with E-state index in [0.29, 0.717) is 6.61 Å². The highest BCUT2D eigenvalue weighted by atomic mass is 16.3. The Hall–Kier alpha value is -0.120. The molecule has 16 heavy (non-hydrogen) atoms. The third-order valence-corrected chi connectivity index (χ3v) is 2.98. The van der Waals surface area contributed by atoms with Crippen LogP contribution in [0.2, 0.25) is 0 Å². The van der Waals surface area contributed by atoms with E-state index in [1.165, 1.54) is 0 Å². The Morgan fingerprint density at radius 3 is 2.19 bits per heavy atom. The van der Waals surface area contributed by atoms with Crippen molar-refractivity contribution in [3.63, 3.8) is 0 Å². The number of aliphatic hydroxyl groups excluding tert-OH is 2. The standard InChI is InChI=1S/C13H29NO2/c1-13(2,3)12(16)8-10-14(4)9-6-5-7-11-15/h12,15-16H,5-11H2,1-4H3. The summed E-state index contributed by atoms with van der Waals surface area (Å²) in [6, 6.07) is 0. The van der Waals surface area contributed by atoms with Gasteiger partial charge in [0.2, 0.25) is 0 Å². The predicted octanol–water partition coefficient (Wildman–Crippen LogP) is 1.88. The second-order valence-electron chi connectivity index (χ2n) is 5.76. The monoisotopic (exact) mass is 231 g/mol. The fourth-order valence-corrected chi connectivity index (χ4v) is 1.56. The number of aliphatic hydroxyl groups is 2. The van der Waals surface area contributed by atoms with Crippen molar-refractivity contribution >= 4 is 0 Å². The molecule has 1 unspecified atom stereocenters. The van der Waals surface area contributed by atoms with Crippen molar-refractivity contribution in [2.45, 2.75) is 52.6 Å². The molecule has 3 nitrogen and oxygen atoms in total. The topological polar surface area (TPSA) is 43.7 Å². The van der Waals surface area contributed by atoms with E-state index in [1.54, 1.807) is 0 Å². The molecule has 0 bridgehead atoms. The molecular formula is C13H29NO2. The first kappa shape index (κ1) is 15.9. The van der Waals surface area contributed by atoms with E-state index in [1.807, 2.05) is 0 Å². The van der Waals surface area contributed by atoms with Gasteiger partial charge < -0.3 is 15.1 Å². The van der Waals surface area contributed by atoms with Gasteiger partial charge in [0.25, 0.3) is 0 Å². The van der Waals surface area contributed by atoms with Crippen LogP contribution in [0.4, 0.5) is 0 Å². The smallest absolute Gasteiger partial charge is 0.0600 e. The van der Waals surface area contributed by atoms with Crippen LogP contribution in [-0.4, -0.2) is 48.0 Å². The molecule has 0 saturated carbocycles. The highest BCUT2D eigenvalue weighted by Gasteiger charge is 2.21. The first-order chi connectivity index (χ1) is 7.38. The molecule has 1 atom stereocenters. The molecule has 3 heteroatoms. The first-order valence-corrected chi connectivity index (χ1v) is 6.35. The van der Waals surface area contributed by atoms with Gasteiger partial charge in [-0.15, -0.1) is 0 Å². The van der Waals surface area contributed by atoms with Crippen LogP contribution >= 0.6 is 0 Å². The SMILES string of the molecule is CN(CCCCCO)CCC(O)C(C)(C)C. The molecule has 0 aromatic heterocycles. The molecule has 98 valence electrons. The van der Waals surface area contributed by atoms with Crippen LogP contribution in [0.25, 0.3) is 0 Å². The summed E-state index contributed by atoms with van der Waals surface area (Å²) < 4.78 is 0. The van der Waals surface area contributed by atoms with E-state index in [9.17, 15) is 5.11 Å². The van der Waals surface area contributed by atoms with Crippen molar-refractivity contribution in [2.75, 3.05) is 26.7 Å². The van der Waals surface area contributed by atoms with E-state index >= 15 is 0 Å². The van der Waals surface area contributed by atoms with Gasteiger partial charge in [-0.1, -0.05) is 20.8 Å². The minimum atomic E-state index is -0.229. The summed E-state index contributed by atoms with van der Waals surface area (Å²) >= 11 is 0. The zero-order valence-corrected chi connectivity index (χ0v) is 11.4. The number of hydrogen-bond donors (Lipinski definition) is 2. The Kier molecular flexibility index (Phi) is 7.98. The maximum absolute atomic E-state index is 9.88. The van der Waals surface area contributed by atoms with Gasteiger partial charge in [0.05, 0.1) is 6.10 Å². The maximum atomic E-state index is 9.88. The van der Waals surface area contributed by atoms with E-state index in [4.69, 9.17) is 5.11 Å². The molecule has 0 aromatic rings. The van der Waals surface area contributed by atoms with Crippen LogP contribution in [0.5, 0.6) is 0 Å². The molecule has 0 aliphatic rings. The summed E-state index contributed by atoms with van der Waals surface area (Å²) in [5, 5.41) is 18.5. The summed E-state index contributed by atoms with van der Waals surface area (Å²) in [4.78, 5) is 2.26. The maximum Gasteiger partial charge on any atom is 0.0600 e. The second kappa shape index (κ2) is 8.04. The lowest BCUT2D eigenvalue weighted by Gasteiger charge is -2.27. The predicted molar refractivity (Wildman–Crippen MR) is 68.5 cm³/mol. The Morgan fingerprint density at radius 1 is 1.06 bits per heavy atom. The summed E-state index contributed by atoms with van der Waals surface area (Å²) in [6.07, 6.45) is 3.72. The zero-order chi connectivity index (χ0) is 12.6. The lowest BCUT2D eigenvalue weighted by atomic mass is 9.87. The first-order valence-electron chi connectivity index (χ1n) is 6.35. The number of rotatable bonds is 8. The largest absolute Gasteiger partial charge is 0.396 e. The van der Waals surface area contributed by atoms with Gasteiger partial charge >= 0.3 is 0 Å². The third-order valence-electron chi connectivity index (χ3n) is 2.98. The van der Waals surface area contributed by atoms with Crippen molar-refractivity contribution in [1.29, 1.82) is 0 Å². The second-order valence-corrected chi connectivity index (χ2v) is 5.76. The van der Waals surface area contributed by atoms with E-state index in [2.05, 4.69) is 32.7 Å². The molecule has 0 aromatic carbocycles. The van der Waals surface area contributed by atoms with E-state index in [0.717, 1.165) is 38.8 Å².